The van der Waals surface area contributed by atoms with Crippen molar-refractivity contribution in [3.63, 3.8) is 0 Å². The van der Waals surface area contributed by atoms with Crippen molar-refractivity contribution in [3.8, 4) is 0 Å². The van der Waals surface area contributed by atoms with E-state index in [1.807, 2.05) is 13.1 Å². The molecular weight excluding hydrogens is 194 g/mol. The Kier molecular flexibility index (Phi) is 5.31. The summed E-state index contributed by atoms with van der Waals surface area (Å²) in [5.41, 5.74) is 1.07. The van der Waals surface area contributed by atoms with Crippen LogP contribution >= 0.6 is 0 Å². The first-order chi connectivity index (χ1) is 7.30. The normalized spacial score (nSPS) is 13.0. The molecule has 0 bridgehead atoms. The molecule has 1 unspecified atom stereocenters. The van der Waals surface area contributed by atoms with Gasteiger partial charge in [-0.15, -0.1) is 0 Å². The maximum Gasteiger partial charge on any atom is 0.0640 e. The Morgan fingerprint density at radius 2 is 2.33 bits per heavy atom. The highest BCUT2D eigenvalue weighted by Crippen LogP contribution is 1.99. The van der Waals surface area contributed by atoms with E-state index in [1.54, 1.807) is 10.9 Å². The van der Waals surface area contributed by atoms with Crippen LogP contribution in [0.4, 0.5) is 0 Å². The van der Waals surface area contributed by atoms with Crippen molar-refractivity contribution >= 4 is 0 Å². The van der Waals surface area contributed by atoms with E-state index < -0.39 is 0 Å². The molecule has 86 valence electrons. The van der Waals surface area contributed by atoms with Crippen LogP contribution in [0.25, 0.3) is 0 Å². The van der Waals surface area contributed by atoms with Crippen molar-refractivity contribution in [3.05, 3.63) is 18.0 Å². The predicted molar refractivity (Wildman–Crippen MR) is 57.3 cm³/mol. The number of aromatic nitrogens is 2. The molecule has 0 aromatic carbocycles. The van der Waals surface area contributed by atoms with Gasteiger partial charge < -0.3 is 15.5 Å². The Labute approximate surface area is 89.7 Å². The van der Waals surface area contributed by atoms with Crippen molar-refractivity contribution in [2.75, 3.05) is 13.2 Å². The second kappa shape index (κ2) is 6.55. The van der Waals surface area contributed by atoms with Gasteiger partial charge in [-0.25, -0.2) is 0 Å². The maximum atomic E-state index is 8.98. The van der Waals surface area contributed by atoms with Gasteiger partial charge in [0.2, 0.25) is 0 Å². The smallest absolute Gasteiger partial charge is 0.0640 e. The molecule has 15 heavy (non-hydrogen) atoms. The minimum absolute atomic E-state index is 0.1000. The Bertz CT molecular complexity index is 271. The molecule has 1 heterocycles. The predicted octanol–water partition coefficient (Wildman–Crippen LogP) is -0.264. The lowest BCUT2D eigenvalue weighted by molar-refractivity contribution is 0.238. The third kappa shape index (κ3) is 3.99. The summed E-state index contributed by atoms with van der Waals surface area (Å²) in [7, 11) is 0. The molecule has 0 aliphatic heterocycles. The summed E-state index contributed by atoms with van der Waals surface area (Å²) in [4.78, 5) is 0. The minimum atomic E-state index is 0.1000. The van der Waals surface area contributed by atoms with Crippen LogP contribution in [0.1, 0.15) is 18.9 Å². The van der Waals surface area contributed by atoms with Gasteiger partial charge in [0.25, 0.3) is 0 Å². The van der Waals surface area contributed by atoms with Crippen LogP contribution in [0.3, 0.4) is 0 Å². The lowest BCUT2D eigenvalue weighted by atomic mass is 10.2. The van der Waals surface area contributed by atoms with Crippen LogP contribution in [0.2, 0.25) is 0 Å². The molecule has 0 aliphatic rings. The standard InChI is InChI=1S/C10H19N3O2/c1-2-10(8-15)11-5-9-6-12-13(7-9)3-4-14/h6-7,10-11,14-15H,2-5,8H2,1H3. The molecule has 0 fully saturated rings. The Hall–Kier alpha value is -0.910. The first-order valence-electron chi connectivity index (χ1n) is 5.26. The number of nitrogens with one attached hydrogen (secondary N) is 1. The van der Waals surface area contributed by atoms with Gasteiger partial charge >= 0.3 is 0 Å². The highest BCUT2D eigenvalue weighted by atomic mass is 16.3. The summed E-state index contributed by atoms with van der Waals surface area (Å²) in [5, 5.41) is 25.0. The number of nitrogens with zero attached hydrogens (tertiary/aromatic N) is 2. The molecule has 0 saturated heterocycles. The minimum Gasteiger partial charge on any atom is -0.395 e. The van der Waals surface area contributed by atoms with Gasteiger partial charge in [0.1, 0.15) is 0 Å². The first kappa shape index (κ1) is 12.2. The molecule has 1 rings (SSSR count). The fourth-order valence-corrected chi connectivity index (χ4v) is 1.32. The van der Waals surface area contributed by atoms with E-state index in [-0.39, 0.29) is 19.3 Å². The fraction of sp³-hybridized carbons (Fsp3) is 0.700. The molecule has 1 aromatic heterocycles. The summed E-state index contributed by atoms with van der Waals surface area (Å²) in [5.74, 6) is 0. The van der Waals surface area contributed by atoms with Gasteiger partial charge in [-0.3, -0.25) is 4.68 Å². The highest BCUT2D eigenvalue weighted by molar-refractivity contribution is 5.03. The molecular formula is C10H19N3O2. The van der Waals surface area contributed by atoms with E-state index in [2.05, 4.69) is 10.4 Å². The average Bonchev–Trinajstić information content (AvgIpc) is 2.68. The fourth-order valence-electron chi connectivity index (χ4n) is 1.32. The van der Waals surface area contributed by atoms with Crippen molar-refractivity contribution in [1.82, 2.24) is 15.1 Å². The lowest BCUT2D eigenvalue weighted by Gasteiger charge is -2.12. The molecule has 5 heteroatoms. The Morgan fingerprint density at radius 1 is 1.53 bits per heavy atom. The third-order valence-electron chi connectivity index (χ3n) is 2.32. The van der Waals surface area contributed by atoms with E-state index in [0.29, 0.717) is 13.1 Å². The molecule has 0 aliphatic carbocycles. The molecule has 1 aromatic rings. The van der Waals surface area contributed by atoms with Gasteiger partial charge in [-0.1, -0.05) is 6.92 Å². The summed E-state index contributed by atoms with van der Waals surface area (Å²) in [6, 6.07) is 0.145. The van der Waals surface area contributed by atoms with Crippen LogP contribution in [0.5, 0.6) is 0 Å². The quantitative estimate of drug-likeness (QED) is 0.583. The van der Waals surface area contributed by atoms with E-state index >= 15 is 0 Å². The zero-order chi connectivity index (χ0) is 11.1. The summed E-state index contributed by atoms with van der Waals surface area (Å²) in [6.45, 7) is 3.51. The molecule has 5 nitrogen and oxygen atoms in total. The molecule has 0 saturated carbocycles. The summed E-state index contributed by atoms with van der Waals surface area (Å²) >= 11 is 0. The Morgan fingerprint density at radius 3 is 2.93 bits per heavy atom. The number of hydrogen-bond donors (Lipinski definition) is 3. The monoisotopic (exact) mass is 213 g/mol. The average molecular weight is 213 g/mol. The number of aliphatic hydroxyl groups is 2. The van der Waals surface area contributed by atoms with Crippen molar-refractivity contribution in [1.29, 1.82) is 0 Å². The third-order valence-corrected chi connectivity index (χ3v) is 2.32. The van der Waals surface area contributed by atoms with E-state index in [0.717, 1.165) is 12.0 Å². The highest BCUT2D eigenvalue weighted by Gasteiger charge is 2.04. The van der Waals surface area contributed by atoms with Crippen LogP contribution in [-0.4, -0.2) is 39.2 Å². The van der Waals surface area contributed by atoms with Gasteiger partial charge in [0, 0.05) is 24.3 Å². The molecule has 1 atom stereocenters. The van der Waals surface area contributed by atoms with Gasteiger partial charge in [0.15, 0.2) is 0 Å². The second-order valence-electron chi connectivity index (χ2n) is 3.50. The number of hydrogen-bond acceptors (Lipinski definition) is 4. The van der Waals surface area contributed by atoms with Crippen LogP contribution < -0.4 is 5.32 Å². The maximum absolute atomic E-state index is 8.98. The first-order valence-corrected chi connectivity index (χ1v) is 5.26. The van der Waals surface area contributed by atoms with Gasteiger partial charge in [0.05, 0.1) is 26.0 Å². The lowest BCUT2D eigenvalue weighted by Crippen LogP contribution is -2.31. The zero-order valence-electron chi connectivity index (χ0n) is 9.06. The van der Waals surface area contributed by atoms with E-state index in [9.17, 15) is 0 Å². The largest absolute Gasteiger partial charge is 0.395 e. The van der Waals surface area contributed by atoms with Crippen molar-refractivity contribution < 1.29 is 10.2 Å². The van der Waals surface area contributed by atoms with Crippen LogP contribution in [-0.2, 0) is 13.1 Å². The number of aliphatic hydroxyl groups excluding tert-OH is 2. The van der Waals surface area contributed by atoms with E-state index in [4.69, 9.17) is 10.2 Å². The second-order valence-corrected chi connectivity index (χ2v) is 3.50. The van der Waals surface area contributed by atoms with E-state index in [1.165, 1.54) is 0 Å². The summed E-state index contributed by atoms with van der Waals surface area (Å²) < 4.78 is 1.71. The molecule has 0 spiro atoms. The van der Waals surface area contributed by atoms with Crippen molar-refractivity contribution in [2.45, 2.75) is 32.5 Å². The van der Waals surface area contributed by atoms with Crippen LogP contribution in [0.15, 0.2) is 12.4 Å². The van der Waals surface area contributed by atoms with Crippen LogP contribution in [0, 0.1) is 0 Å². The topological polar surface area (TPSA) is 70.3 Å². The molecule has 0 radical (unpaired) electrons. The Balaban J connectivity index is 2.36. The molecule has 0 amide bonds. The zero-order valence-corrected chi connectivity index (χ0v) is 9.06. The van der Waals surface area contributed by atoms with Crippen molar-refractivity contribution in [2.24, 2.45) is 0 Å². The molecule has 3 N–H and O–H groups in total. The SMILES string of the molecule is CCC(CO)NCc1cnn(CCO)c1. The van der Waals surface area contributed by atoms with Gasteiger partial charge in [-0.2, -0.15) is 5.10 Å². The summed E-state index contributed by atoms with van der Waals surface area (Å²) in [6.07, 6.45) is 4.57. The number of rotatable bonds is 7. The van der Waals surface area contributed by atoms with Gasteiger partial charge in [-0.05, 0) is 6.42 Å².